The molecule has 2 aromatic rings. The monoisotopic (exact) mass is 377 g/mol. The number of aryl methyl sites for hydroxylation is 2. The summed E-state index contributed by atoms with van der Waals surface area (Å²) in [4.78, 5) is 12.4. The second kappa shape index (κ2) is 7.51. The number of carbonyl (C=O) groups is 1. The van der Waals surface area contributed by atoms with Crippen LogP contribution in [0.4, 0.5) is 5.69 Å². The van der Waals surface area contributed by atoms with Gasteiger partial charge in [0.1, 0.15) is 0 Å². The molecule has 4 nitrogen and oxygen atoms in total. The van der Waals surface area contributed by atoms with Gasteiger partial charge in [0, 0.05) is 10.2 Å². The van der Waals surface area contributed by atoms with E-state index in [2.05, 4.69) is 21.2 Å². The molecule has 0 aliphatic rings. The highest BCUT2D eigenvalue weighted by Crippen LogP contribution is 2.33. The molecule has 122 valence electrons. The minimum atomic E-state index is -0.0738. The number of halogens is 1. The molecule has 2 rings (SSSR count). The molecular weight excluding hydrogens is 358 g/mol. The number of hydrogen-bond acceptors (Lipinski definition) is 3. The number of nitrogens with one attached hydrogen (secondary N) is 1. The Bertz CT molecular complexity index is 708. The van der Waals surface area contributed by atoms with Gasteiger partial charge in [-0.3, -0.25) is 4.79 Å². The molecule has 0 unspecified atom stereocenters. The predicted octanol–water partition coefficient (Wildman–Crippen LogP) is 4.26. The first-order valence-corrected chi connectivity index (χ1v) is 8.02. The van der Waals surface area contributed by atoms with Crippen molar-refractivity contribution in [1.29, 1.82) is 0 Å². The number of ether oxygens (including phenoxy) is 2. The van der Waals surface area contributed by atoms with Gasteiger partial charge in [-0.05, 0) is 42.7 Å². The third-order valence-corrected chi connectivity index (χ3v) is 4.39. The van der Waals surface area contributed by atoms with Crippen LogP contribution in [-0.2, 0) is 11.2 Å². The fourth-order valence-electron chi connectivity index (χ4n) is 2.40. The summed E-state index contributed by atoms with van der Waals surface area (Å²) >= 11 is 3.48. The van der Waals surface area contributed by atoms with Gasteiger partial charge < -0.3 is 14.8 Å². The van der Waals surface area contributed by atoms with E-state index in [0.717, 1.165) is 26.9 Å². The lowest BCUT2D eigenvalue weighted by atomic mass is 10.1. The maximum Gasteiger partial charge on any atom is 0.228 e. The van der Waals surface area contributed by atoms with Gasteiger partial charge in [-0.1, -0.05) is 34.1 Å². The first kappa shape index (κ1) is 17.3. The zero-order valence-corrected chi connectivity index (χ0v) is 15.3. The van der Waals surface area contributed by atoms with Gasteiger partial charge in [0.15, 0.2) is 11.5 Å². The second-order valence-corrected chi connectivity index (χ2v) is 6.14. The number of benzene rings is 2. The van der Waals surface area contributed by atoms with Crippen LogP contribution in [-0.4, -0.2) is 20.1 Å². The standard InChI is InChI=1S/C18H20BrNO3/c1-11-6-5-7-12(2)18(11)20-17(21)9-13-8-15(22-3)16(23-4)10-14(13)19/h5-8,10H,9H2,1-4H3,(H,20,21). The predicted molar refractivity (Wildman–Crippen MR) is 95.5 cm³/mol. The molecular formula is C18H20BrNO3. The van der Waals surface area contributed by atoms with Crippen LogP contribution in [0.15, 0.2) is 34.8 Å². The molecule has 0 saturated heterocycles. The number of amides is 1. The molecule has 0 aromatic heterocycles. The summed E-state index contributed by atoms with van der Waals surface area (Å²) in [6.45, 7) is 3.96. The Morgan fingerprint density at radius 2 is 1.65 bits per heavy atom. The number of rotatable bonds is 5. The SMILES string of the molecule is COc1cc(Br)c(CC(=O)Nc2c(C)cccc2C)cc1OC. The molecule has 0 saturated carbocycles. The highest BCUT2D eigenvalue weighted by atomic mass is 79.9. The van der Waals surface area contributed by atoms with Gasteiger partial charge in [-0.25, -0.2) is 0 Å². The van der Waals surface area contributed by atoms with Crippen molar-refractivity contribution >= 4 is 27.5 Å². The molecule has 0 fully saturated rings. The molecule has 0 bridgehead atoms. The number of methoxy groups -OCH3 is 2. The Kier molecular flexibility index (Phi) is 5.66. The first-order chi connectivity index (χ1) is 11.0. The molecule has 0 aliphatic carbocycles. The smallest absolute Gasteiger partial charge is 0.228 e. The van der Waals surface area contributed by atoms with Gasteiger partial charge in [-0.2, -0.15) is 0 Å². The summed E-state index contributed by atoms with van der Waals surface area (Å²) in [6.07, 6.45) is 0.245. The first-order valence-electron chi connectivity index (χ1n) is 7.22. The van der Waals surface area contributed by atoms with E-state index >= 15 is 0 Å². The van der Waals surface area contributed by atoms with E-state index in [1.54, 1.807) is 20.3 Å². The number of carbonyl (C=O) groups excluding carboxylic acids is 1. The fourth-order valence-corrected chi connectivity index (χ4v) is 2.86. The summed E-state index contributed by atoms with van der Waals surface area (Å²) in [5.41, 5.74) is 3.80. The van der Waals surface area contributed by atoms with Crippen molar-refractivity contribution < 1.29 is 14.3 Å². The summed E-state index contributed by atoms with van der Waals surface area (Å²) in [5, 5.41) is 2.99. The normalized spacial score (nSPS) is 10.3. The summed E-state index contributed by atoms with van der Waals surface area (Å²) in [5.74, 6) is 1.15. The number of para-hydroxylation sites is 1. The van der Waals surface area contributed by atoms with Gasteiger partial charge in [0.2, 0.25) is 5.91 Å². The molecule has 2 aromatic carbocycles. The maximum absolute atomic E-state index is 12.4. The topological polar surface area (TPSA) is 47.6 Å². The van der Waals surface area contributed by atoms with Crippen LogP contribution in [0, 0.1) is 13.8 Å². The van der Waals surface area contributed by atoms with Gasteiger partial charge in [-0.15, -0.1) is 0 Å². The molecule has 5 heteroatoms. The van der Waals surface area contributed by atoms with Crippen molar-refractivity contribution in [3.63, 3.8) is 0 Å². The zero-order chi connectivity index (χ0) is 17.0. The van der Waals surface area contributed by atoms with E-state index in [0.29, 0.717) is 11.5 Å². The molecule has 0 aliphatic heterocycles. The largest absolute Gasteiger partial charge is 0.493 e. The lowest BCUT2D eigenvalue weighted by Crippen LogP contribution is -2.16. The average molecular weight is 378 g/mol. The lowest BCUT2D eigenvalue weighted by Gasteiger charge is -2.14. The van der Waals surface area contributed by atoms with Crippen molar-refractivity contribution in [2.24, 2.45) is 0 Å². The lowest BCUT2D eigenvalue weighted by molar-refractivity contribution is -0.115. The third-order valence-electron chi connectivity index (χ3n) is 3.65. The van der Waals surface area contributed by atoms with Crippen LogP contribution in [0.1, 0.15) is 16.7 Å². The van der Waals surface area contributed by atoms with Crippen LogP contribution in [0.5, 0.6) is 11.5 Å². The third kappa shape index (κ3) is 4.05. The van der Waals surface area contributed by atoms with Crippen molar-refractivity contribution in [2.75, 3.05) is 19.5 Å². The minimum Gasteiger partial charge on any atom is -0.493 e. The van der Waals surface area contributed by atoms with Crippen molar-refractivity contribution in [3.05, 3.63) is 51.5 Å². The van der Waals surface area contributed by atoms with E-state index in [4.69, 9.17) is 9.47 Å². The Balaban J connectivity index is 2.20. The van der Waals surface area contributed by atoms with Crippen LogP contribution in [0.3, 0.4) is 0 Å². The highest BCUT2D eigenvalue weighted by molar-refractivity contribution is 9.10. The Hall–Kier alpha value is -2.01. The summed E-state index contributed by atoms with van der Waals surface area (Å²) < 4.78 is 11.4. The van der Waals surface area contributed by atoms with Gasteiger partial charge in [0.25, 0.3) is 0 Å². The Morgan fingerprint density at radius 3 is 2.22 bits per heavy atom. The quantitative estimate of drug-likeness (QED) is 0.846. The number of hydrogen-bond donors (Lipinski definition) is 1. The number of anilines is 1. The zero-order valence-electron chi connectivity index (χ0n) is 13.7. The molecule has 0 radical (unpaired) electrons. The minimum absolute atomic E-state index is 0.0738. The maximum atomic E-state index is 12.4. The Labute approximate surface area is 144 Å². The summed E-state index contributed by atoms with van der Waals surface area (Å²) in [6, 6.07) is 9.56. The van der Waals surface area contributed by atoms with E-state index in [9.17, 15) is 4.79 Å². The van der Waals surface area contributed by atoms with Crippen molar-refractivity contribution in [3.8, 4) is 11.5 Å². The van der Waals surface area contributed by atoms with Crippen LogP contribution in [0.25, 0.3) is 0 Å². The Morgan fingerprint density at radius 1 is 1.09 bits per heavy atom. The average Bonchev–Trinajstić information content (AvgIpc) is 2.52. The van der Waals surface area contributed by atoms with E-state index in [1.807, 2.05) is 38.1 Å². The second-order valence-electron chi connectivity index (χ2n) is 5.29. The van der Waals surface area contributed by atoms with Gasteiger partial charge in [0.05, 0.1) is 20.6 Å². The van der Waals surface area contributed by atoms with Crippen LogP contribution >= 0.6 is 15.9 Å². The van der Waals surface area contributed by atoms with E-state index in [1.165, 1.54) is 0 Å². The summed E-state index contributed by atoms with van der Waals surface area (Å²) in [7, 11) is 3.16. The van der Waals surface area contributed by atoms with Gasteiger partial charge >= 0.3 is 0 Å². The highest BCUT2D eigenvalue weighted by Gasteiger charge is 2.14. The fraction of sp³-hybridized carbons (Fsp3) is 0.278. The van der Waals surface area contributed by atoms with Crippen molar-refractivity contribution in [1.82, 2.24) is 0 Å². The molecule has 0 heterocycles. The van der Waals surface area contributed by atoms with E-state index in [-0.39, 0.29) is 12.3 Å². The van der Waals surface area contributed by atoms with E-state index < -0.39 is 0 Å². The van der Waals surface area contributed by atoms with Crippen LogP contribution < -0.4 is 14.8 Å². The molecule has 0 atom stereocenters. The van der Waals surface area contributed by atoms with Crippen molar-refractivity contribution in [2.45, 2.75) is 20.3 Å². The molecule has 23 heavy (non-hydrogen) atoms. The molecule has 1 amide bonds. The molecule has 1 N–H and O–H groups in total. The van der Waals surface area contributed by atoms with Crippen LogP contribution in [0.2, 0.25) is 0 Å². The molecule has 0 spiro atoms.